The molecule has 0 radical (unpaired) electrons. The van der Waals surface area contributed by atoms with Crippen molar-refractivity contribution in [3.05, 3.63) is 29.8 Å². The number of rotatable bonds is 7. The highest BCUT2D eigenvalue weighted by Gasteiger charge is 2.15. The van der Waals surface area contributed by atoms with E-state index in [9.17, 15) is 14.4 Å². The van der Waals surface area contributed by atoms with Crippen LogP contribution in [0.2, 0.25) is 0 Å². The smallest absolute Gasteiger partial charge is 0.253 e. The quantitative estimate of drug-likeness (QED) is 0.556. The summed E-state index contributed by atoms with van der Waals surface area (Å²) in [7, 11) is 0. The molecule has 0 saturated heterocycles. The number of hydrogen-bond acceptors (Lipinski definition) is 4. The van der Waals surface area contributed by atoms with Gasteiger partial charge in [0.15, 0.2) is 0 Å². The number of hydrogen-bond donors (Lipinski definition) is 4. The first-order valence-corrected chi connectivity index (χ1v) is 6.62. The lowest BCUT2D eigenvalue weighted by atomic mass is 10.1. The zero-order valence-corrected chi connectivity index (χ0v) is 11.9. The van der Waals surface area contributed by atoms with Crippen LogP contribution in [0.15, 0.2) is 24.3 Å². The fourth-order valence-corrected chi connectivity index (χ4v) is 1.55. The Morgan fingerprint density at radius 1 is 1.24 bits per heavy atom. The molecule has 0 heterocycles. The molecule has 0 aliphatic heterocycles. The predicted molar refractivity (Wildman–Crippen MR) is 79.4 cm³/mol. The van der Waals surface area contributed by atoms with Crippen molar-refractivity contribution in [2.75, 3.05) is 18.4 Å². The van der Waals surface area contributed by atoms with Gasteiger partial charge in [0.1, 0.15) is 0 Å². The summed E-state index contributed by atoms with van der Waals surface area (Å²) >= 11 is 0. The topological polar surface area (TPSA) is 127 Å². The minimum Gasteiger partial charge on any atom is -0.370 e. The normalized spacial score (nSPS) is 11.5. The van der Waals surface area contributed by atoms with Gasteiger partial charge in [-0.1, -0.05) is 19.1 Å². The number of benzene rings is 1. The van der Waals surface area contributed by atoms with Gasteiger partial charge in [0, 0.05) is 25.4 Å². The molecule has 0 aliphatic rings. The van der Waals surface area contributed by atoms with Crippen molar-refractivity contribution in [3.63, 3.8) is 0 Å². The molecule has 7 heteroatoms. The van der Waals surface area contributed by atoms with Gasteiger partial charge in [0.05, 0.1) is 11.3 Å². The summed E-state index contributed by atoms with van der Waals surface area (Å²) in [6.45, 7) is 2.07. The number of carbonyl (C=O) groups is 3. The van der Waals surface area contributed by atoms with Gasteiger partial charge in [-0.2, -0.15) is 0 Å². The molecule has 7 nitrogen and oxygen atoms in total. The van der Waals surface area contributed by atoms with Crippen LogP contribution in [0.3, 0.4) is 0 Å². The highest BCUT2D eigenvalue weighted by molar-refractivity contribution is 6.04. The predicted octanol–water partition coefficient (Wildman–Crippen LogP) is -0.175. The van der Waals surface area contributed by atoms with Crippen molar-refractivity contribution in [2.45, 2.75) is 13.3 Å². The van der Waals surface area contributed by atoms with Crippen LogP contribution in [0.4, 0.5) is 5.69 Å². The van der Waals surface area contributed by atoms with E-state index in [0.29, 0.717) is 11.3 Å². The molecular weight excluding hydrogens is 272 g/mol. The third kappa shape index (κ3) is 5.23. The zero-order valence-electron chi connectivity index (χ0n) is 11.9. The number of carbonyl (C=O) groups excluding carboxylic acids is 3. The second-order valence-corrected chi connectivity index (χ2v) is 4.64. The molecule has 114 valence electrons. The molecule has 0 spiro atoms. The Hall–Kier alpha value is -2.41. The molecule has 3 amide bonds. The highest BCUT2D eigenvalue weighted by atomic mass is 16.2. The van der Waals surface area contributed by atoms with E-state index >= 15 is 0 Å². The van der Waals surface area contributed by atoms with Gasteiger partial charge in [0.25, 0.3) is 5.91 Å². The monoisotopic (exact) mass is 292 g/mol. The Labute approximate surface area is 123 Å². The van der Waals surface area contributed by atoms with E-state index in [0.717, 1.165) is 0 Å². The van der Waals surface area contributed by atoms with Crippen molar-refractivity contribution >= 4 is 23.4 Å². The largest absolute Gasteiger partial charge is 0.370 e. The second-order valence-electron chi connectivity index (χ2n) is 4.64. The lowest BCUT2D eigenvalue weighted by Gasteiger charge is -2.13. The van der Waals surface area contributed by atoms with E-state index in [1.54, 1.807) is 31.2 Å². The second kappa shape index (κ2) is 8.01. The molecule has 0 saturated carbocycles. The molecule has 6 N–H and O–H groups in total. The molecular formula is C14H20N4O3. The number of anilines is 1. The van der Waals surface area contributed by atoms with Crippen molar-refractivity contribution in [3.8, 4) is 0 Å². The SMILES string of the molecule is CC(CN)C(=O)Nc1ccccc1C(=O)NCCC(N)=O. The summed E-state index contributed by atoms with van der Waals surface area (Å²) in [6, 6.07) is 6.61. The Morgan fingerprint density at radius 3 is 2.52 bits per heavy atom. The van der Waals surface area contributed by atoms with E-state index in [1.807, 2.05) is 0 Å². The minimum atomic E-state index is -0.492. The van der Waals surface area contributed by atoms with E-state index in [4.69, 9.17) is 11.5 Å². The van der Waals surface area contributed by atoms with E-state index < -0.39 is 5.91 Å². The van der Waals surface area contributed by atoms with Crippen LogP contribution in [-0.2, 0) is 9.59 Å². The van der Waals surface area contributed by atoms with E-state index in [-0.39, 0.29) is 37.2 Å². The first-order valence-electron chi connectivity index (χ1n) is 6.62. The van der Waals surface area contributed by atoms with Crippen molar-refractivity contribution in [1.29, 1.82) is 0 Å². The average molecular weight is 292 g/mol. The van der Waals surface area contributed by atoms with Gasteiger partial charge in [-0.15, -0.1) is 0 Å². The van der Waals surface area contributed by atoms with Crippen molar-refractivity contribution < 1.29 is 14.4 Å². The van der Waals surface area contributed by atoms with Crippen molar-refractivity contribution in [1.82, 2.24) is 5.32 Å². The van der Waals surface area contributed by atoms with Crippen LogP contribution in [0.5, 0.6) is 0 Å². The van der Waals surface area contributed by atoms with Gasteiger partial charge in [-0.3, -0.25) is 14.4 Å². The van der Waals surface area contributed by atoms with Crippen LogP contribution >= 0.6 is 0 Å². The van der Waals surface area contributed by atoms with Crippen LogP contribution in [0.1, 0.15) is 23.7 Å². The maximum absolute atomic E-state index is 12.0. The van der Waals surface area contributed by atoms with Gasteiger partial charge >= 0.3 is 0 Å². The summed E-state index contributed by atoms with van der Waals surface area (Å²) in [4.78, 5) is 34.5. The zero-order chi connectivity index (χ0) is 15.8. The summed E-state index contributed by atoms with van der Waals surface area (Å²) in [5.41, 5.74) is 11.2. The number of primary amides is 1. The molecule has 21 heavy (non-hydrogen) atoms. The van der Waals surface area contributed by atoms with E-state index in [2.05, 4.69) is 10.6 Å². The molecule has 1 atom stereocenters. The first-order chi connectivity index (χ1) is 9.95. The van der Waals surface area contributed by atoms with Crippen LogP contribution in [0.25, 0.3) is 0 Å². The van der Waals surface area contributed by atoms with E-state index in [1.165, 1.54) is 0 Å². The highest BCUT2D eigenvalue weighted by Crippen LogP contribution is 2.15. The minimum absolute atomic E-state index is 0.0600. The molecule has 0 fully saturated rings. The summed E-state index contributed by atoms with van der Waals surface area (Å²) in [5.74, 6) is -1.48. The summed E-state index contributed by atoms with van der Waals surface area (Å²) < 4.78 is 0. The Bertz CT molecular complexity index is 531. The Morgan fingerprint density at radius 2 is 1.90 bits per heavy atom. The summed E-state index contributed by atoms with van der Waals surface area (Å²) in [5, 5.41) is 5.24. The van der Waals surface area contributed by atoms with Gasteiger partial charge in [-0.25, -0.2) is 0 Å². The van der Waals surface area contributed by atoms with Crippen molar-refractivity contribution in [2.24, 2.45) is 17.4 Å². The third-order valence-corrected chi connectivity index (χ3v) is 2.89. The Kier molecular flexibility index (Phi) is 6.35. The molecule has 1 rings (SSSR count). The van der Waals surface area contributed by atoms with Crippen LogP contribution in [-0.4, -0.2) is 30.8 Å². The van der Waals surface area contributed by atoms with Crippen LogP contribution < -0.4 is 22.1 Å². The lowest BCUT2D eigenvalue weighted by Crippen LogP contribution is -2.30. The van der Waals surface area contributed by atoms with Gasteiger partial charge in [-0.05, 0) is 12.1 Å². The fraction of sp³-hybridized carbons (Fsp3) is 0.357. The molecule has 1 aromatic rings. The molecule has 0 aliphatic carbocycles. The molecule has 0 aromatic heterocycles. The molecule has 1 aromatic carbocycles. The number of nitrogens with one attached hydrogen (secondary N) is 2. The first kappa shape index (κ1) is 16.6. The number of nitrogens with two attached hydrogens (primary N) is 2. The summed E-state index contributed by atoms with van der Waals surface area (Å²) in [6.07, 6.45) is 0.0600. The average Bonchev–Trinajstić information content (AvgIpc) is 2.46. The maximum atomic E-state index is 12.0. The number of amides is 3. The maximum Gasteiger partial charge on any atom is 0.253 e. The van der Waals surface area contributed by atoms with Gasteiger partial charge < -0.3 is 22.1 Å². The number of para-hydroxylation sites is 1. The molecule has 0 bridgehead atoms. The Balaban J connectivity index is 2.76. The van der Waals surface area contributed by atoms with Gasteiger partial charge in [0.2, 0.25) is 11.8 Å². The fourth-order valence-electron chi connectivity index (χ4n) is 1.55. The standard InChI is InChI=1S/C14H20N4O3/c1-9(8-15)13(20)18-11-5-3-2-4-10(11)14(21)17-7-6-12(16)19/h2-5,9H,6-8,15H2,1H3,(H2,16,19)(H,17,21)(H,18,20). The third-order valence-electron chi connectivity index (χ3n) is 2.89. The van der Waals surface area contributed by atoms with Crippen LogP contribution in [0, 0.1) is 5.92 Å². The molecule has 1 unspecified atom stereocenters. The lowest BCUT2D eigenvalue weighted by molar-refractivity contribution is -0.119.